The van der Waals surface area contributed by atoms with E-state index < -0.39 is 11.9 Å². The minimum absolute atomic E-state index is 0. The van der Waals surface area contributed by atoms with Crippen molar-refractivity contribution in [1.82, 2.24) is 29.6 Å². The first-order valence-electron chi connectivity index (χ1n) is 30.7. The normalized spacial score (nSPS) is 17.3. The number of hydrogen-bond donors (Lipinski definition) is 1. The second kappa shape index (κ2) is 28.7. The number of methoxy groups -OCH3 is 1. The van der Waals surface area contributed by atoms with Crippen molar-refractivity contribution in [3.05, 3.63) is 162 Å². The molecule has 4 fully saturated rings. The molecule has 15 nitrogen and oxygen atoms in total. The number of aromatic carboxylic acids is 1. The molecule has 6 heterocycles. The number of benzene rings is 4. The number of pyridine rings is 2. The van der Waals surface area contributed by atoms with Gasteiger partial charge < -0.3 is 34.6 Å². The van der Waals surface area contributed by atoms with Gasteiger partial charge in [0.05, 0.1) is 74.4 Å². The van der Waals surface area contributed by atoms with Crippen LogP contribution in [0.1, 0.15) is 177 Å². The van der Waals surface area contributed by atoms with Gasteiger partial charge >= 0.3 is 41.5 Å². The van der Waals surface area contributed by atoms with Crippen LogP contribution in [-0.4, -0.2) is 135 Å². The van der Waals surface area contributed by atoms with Crippen LogP contribution >= 0.6 is 23.2 Å². The van der Waals surface area contributed by atoms with E-state index in [1.807, 2.05) is 37.5 Å². The number of rotatable bonds is 16. The van der Waals surface area contributed by atoms with Crippen LogP contribution in [0.3, 0.4) is 0 Å². The second-order valence-corrected chi connectivity index (χ2v) is 25.5. The van der Waals surface area contributed by atoms with E-state index in [0.717, 1.165) is 117 Å². The smallest absolute Gasteiger partial charge is 0.870 e. The molecule has 4 aromatic carbocycles. The number of amides is 2. The Bertz CT molecular complexity index is 3630. The number of likely N-dealkylation sites (tertiary alicyclic amines) is 2. The van der Waals surface area contributed by atoms with Crippen LogP contribution in [0.25, 0.3) is 22.3 Å². The van der Waals surface area contributed by atoms with E-state index in [1.54, 1.807) is 44.2 Å². The number of carboxylic acid groups (broad SMARTS) is 1. The fourth-order valence-electron chi connectivity index (χ4n) is 13.1. The van der Waals surface area contributed by atoms with Crippen LogP contribution in [0, 0.1) is 25.5 Å². The molecule has 6 aromatic rings. The third-order valence-electron chi connectivity index (χ3n) is 17.8. The van der Waals surface area contributed by atoms with Crippen LogP contribution in [0.5, 0.6) is 11.5 Å². The summed E-state index contributed by atoms with van der Waals surface area (Å²) < 4.78 is 45.1. The predicted molar refractivity (Wildman–Crippen MR) is 333 cm³/mol. The summed E-state index contributed by atoms with van der Waals surface area (Å²) in [6.07, 6.45) is 8.95. The fraction of sp³-hybridized carbons (Fsp3) is 0.449. The number of carboxylic acids is 1. The Hall–Kier alpha value is -6.02. The van der Waals surface area contributed by atoms with Gasteiger partial charge in [-0.25, -0.2) is 18.4 Å². The average molecular weight is 1270 g/mol. The van der Waals surface area contributed by atoms with Gasteiger partial charge in [-0.1, -0.05) is 47.5 Å². The van der Waals surface area contributed by atoms with Gasteiger partial charge in [0, 0.05) is 99.5 Å². The maximum atomic E-state index is 13.8. The molecule has 466 valence electrons. The molecular formula is C69H77Cl2F2N6NaO9. The molecule has 0 spiro atoms. The monoisotopic (exact) mass is 1260 g/mol. The Kier molecular flexibility index (Phi) is 21.7. The van der Waals surface area contributed by atoms with Crippen molar-refractivity contribution in [3.63, 3.8) is 0 Å². The van der Waals surface area contributed by atoms with Crippen molar-refractivity contribution in [3.8, 4) is 33.8 Å². The minimum Gasteiger partial charge on any atom is -0.870 e. The maximum absolute atomic E-state index is 13.8. The zero-order valence-corrected chi connectivity index (χ0v) is 55.6. The summed E-state index contributed by atoms with van der Waals surface area (Å²) in [6.45, 7) is 17.3. The number of hydrogen-bond acceptors (Lipinski definition) is 12. The number of fused-ring (bicyclic) bond motifs is 2. The molecule has 4 aliphatic heterocycles. The van der Waals surface area contributed by atoms with Gasteiger partial charge in [-0.05, 0) is 176 Å². The number of esters is 1. The summed E-state index contributed by atoms with van der Waals surface area (Å²) in [5, 5.41) is 10.7. The maximum Gasteiger partial charge on any atom is 1.00 e. The number of carbonyl (C=O) groups excluding carboxylic acids is 3. The Labute approximate surface area is 552 Å². The van der Waals surface area contributed by atoms with Crippen LogP contribution in [-0.2, 0) is 30.7 Å². The van der Waals surface area contributed by atoms with Crippen molar-refractivity contribution < 1.29 is 82.3 Å². The first-order chi connectivity index (χ1) is 41.7. The zero-order chi connectivity index (χ0) is 61.5. The van der Waals surface area contributed by atoms with Gasteiger partial charge in [-0.2, -0.15) is 0 Å². The number of ether oxygens (including phenoxy) is 3. The summed E-state index contributed by atoms with van der Waals surface area (Å²) in [6, 6.07) is 20.9. The van der Waals surface area contributed by atoms with Crippen LogP contribution in [0.4, 0.5) is 8.78 Å². The summed E-state index contributed by atoms with van der Waals surface area (Å²) in [4.78, 5) is 68.6. The zero-order valence-electron chi connectivity index (χ0n) is 52.1. The van der Waals surface area contributed by atoms with Crippen LogP contribution in [0.2, 0.25) is 10.0 Å². The number of nitrogens with zero attached hydrogens (tertiary/aromatic N) is 6. The summed E-state index contributed by atoms with van der Waals surface area (Å²) in [5.74, 6) is -0.0359. The van der Waals surface area contributed by atoms with Gasteiger partial charge in [0.1, 0.15) is 23.1 Å². The van der Waals surface area contributed by atoms with Crippen molar-refractivity contribution in [2.45, 2.75) is 155 Å². The molecule has 2 saturated carbocycles. The molecule has 20 heteroatoms. The number of aromatic nitrogens is 2. The predicted octanol–water partition coefficient (Wildman–Crippen LogP) is 10.7. The number of halogens is 4. The van der Waals surface area contributed by atoms with E-state index in [-0.39, 0.29) is 88.3 Å². The molecule has 2 saturated heterocycles. The quantitative estimate of drug-likeness (QED) is 0.0714. The summed E-state index contributed by atoms with van der Waals surface area (Å²) in [5.41, 5.74) is 12.0. The third-order valence-corrected chi connectivity index (χ3v) is 18.6. The van der Waals surface area contributed by atoms with E-state index in [0.29, 0.717) is 106 Å². The molecule has 6 aliphatic rings. The molecule has 12 rings (SSSR count). The topological polar surface area (TPSA) is 185 Å². The largest absolute Gasteiger partial charge is 1.00 e. The Morgan fingerprint density at radius 1 is 0.596 bits per heavy atom. The Balaban J connectivity index is 0.000000207. The minimum atomic E-state index is -1.07. The Morgan fingerprint density at radius 3 is 1.31 bits per heavy atom. The standard InChI is InChI=1S/C35H39ClFN3O4.C34H37ClFN3O4.Na.H2O/c1-20(2)44-33-24(17-28(22-5-6-22)31(32(33)36)23-7-9-25(37)10-8-23)19-39-14-11-26(12-15-39)40-16-13-30-29(34(40)41)18-27(21(3)38-30)35(42)43-4;1-19(2)43-32-23(16-27(21-4-5-21)30(31(32)35)22-6-8-24(36)9-7-22)18-38-13-10-25(11-14-38)39-15-12-29-28(33(39)40)17-26(34(41)42)20(3)37-29;;/h7-10,17-18,20,22,26H,5-6,11-16,19H2,1-4H3;6-9,16-17,19,21,25H,4-5,10-15,18H2,1-3H3,(H,41,42);;1H2/q;;+1;/p-1. The molecule has 0 bridgehead atoms. The van der Waals surface area contributed by atoms with Gasteiger partial charge in [-0.15, -0.1) is 0 Å². The van der Waals surface area contributed by atoms with Crippen molar-refractivity contribution in [1.29, 1.82) is 0 Å². The second-order valence-electron chi connectivity index (χ2n) is 24.7. The summed E-state index contributed by atoms with van der Waals surface area (Å²) in [7, 11) is 1.33. The van der Waals surface area contributed by atoms with Crippen molar-refractivity contribution in [2.24, 2.45) is 0 Å². The molecule has 2 N–H and O–H groups in total. The SMILES string of the molecule is COC(=O)c1cc2c(nc1C)CCN(C1CCN(Cc3cc(C4CC4)c(-c4ccc(F)cc4)c(Cl)c3OC(C)C)CC1)C2=O.Cc1nc2c(cc1C(=O)O)C(=O)N(C1CCN(Cc3cc(C4CC4)c(-c4ccc(F)cc4)c(Cl)c3OC(C)C)CC1)CC2.[Na+].[OH-]. The Morgan fingerprint density at radius 2 is 0.966 bits per heavy atom. The van der Waals surface area contributed by atoms with E-state index in [2.05, 4.69) is 31.9 Å². The molecule has 0 unspecified atom stereocenters. The molecule has 0 atom stereocenters. The molecular weight excluding hydrogens is 1190 g/mol. The molecule has 2 aliphatic carbocycles. The third kappa shape index (κ3) is 14.8. The fourth-order valence-corrected chi connectivity index (χ4v) is 13.9. The van der Waals surface area contributed by atoms with E-state index in [1.165, 1.54) is 48.6 Å². The number of aryl methyl sites for hydroxylation is 2. The van der Waals surface area contributed by atoms with Gasteiger partial charge in [0.25, 0.3) is 11.8 Å². The molecule has 2 amide bonds. The van der Waals surface area contributed by atoms with Gasteiger partial charge in [0.2, 0.25) is 0 Å². The molecule has 0 radical (unpaired) electrons. The molecule has 89 heavy (non-hydrogen) atoms. The van der Waals surface area contributed by atoms with E-state index >= 15 is 0 Å². The van der Waals surface area contributed by atoms with Crippen molar-refractivity contribution in [2.75, 3.05) is 46.4 Å². The first kappa shape index (κ1) is 67.4. The summed E-state index contributed by atoms with van der Waals surface area (Å²) >= 11 is 14.3. The van der Waals surface area contributed by atoms with Gasteiger partial charge in [0.15, 0.2) is 0 Å². The number of carbonyl (C=O) groups is 4. The van der Waals surface area contributed by atoms with Gasteiger partial charge in [-0.3, -0.25) is 29.4 Å². The van der Waals surface area contributed by atoms with E-state index in [4.69, 9.17) is 37.4 Å². The van der Waals surface area contributed by atoms with E-state index in [9.17, 15) is 33.1 Å². The van der Waals surface area contributed by atoms with Crippen molar-refractivity contribution >= 4 is 47.0 Å². The van der Waals surface area contributed by atoms with Crippen LogP contribution in [0.15, 0.2) is 72.8 Å². The molecule has 2 aromatic heterocycles. The average Bonchev–Trinajstić information content (AvgIpc) is 1.93. The first-order valence-corrected chi connectivity index (χ1v) is 31.5. The van der Waals surface area contributed by atoms with Crippen LogP contribution < -0.4 is 39.0 Å². The number of piperidine rings is 2.